The standard InChI is InChI=1S/C26H34F2N4O5S/c1-14(2)19(31-25(36)37-26(3,4)5)24(35)32-12-17(33)10-18(32)23(34)29-11-15-6-8-16(9-7-15)21-20(22(27)28)30-13-38-21/h6-9,13-14,17-19,22,33H,10-12H2,1-5H3,(H,29,34)(H,31,36)/t17-,18+,19+/m1/s1. The first-order chi connectivity index (χ1) is 17.8. The molecule has 0 unspecified atom stereocenters. The molecule has 12 heteroatoms. The SMILES string of the molecule is CC(C)[C@H](NC(=O)OC(C)(C)C)C(=O)N1C[C@H](O)C[C@H]1C(=O)NCc1ccc(-c2scnc2C(F)F)cc1. The Morgan fingerprint density at radius 3 is 2.45 bits per heavy atom. The van der Waals surface area contributed by atoms with Crippen LogP contribution >= 0.6 is 11.3 Å². The maximum atomic E-state index is 13.4. The number of alkyl carbamates (subject to hydrolysis) is 1. The van der Waals surface area contributed by atoms with Crippen molar-refractivity contribution in [1.29, 1.82) is 0 Å². The van der Waals surface area contributed by atoms with Crippen molar-refractivity contribution >= 4 is 29.2 Å². The molecule has 0 saturated carbocycles. The molecule has 1 aliphatic heterocycles. The van der Waals surface area contributed by atoms with Gasteiger partial charge in [-0.15, -0.1) is 11.3 Å². The molecule has 3 N–H and O–H groups in total. The Bertz CT molecular complexity index is 1130. The molecule has 0 spiro atoms. The van der Waals surface area contributed by atoms with Crippen molar-refractivity contribution in [3.63, 3.8) is 0 Å². The number of nitrogens with one attached hydrogen (secondary N) is 2. The second kappa shape index (κ2) is 12.2. The molecule has 0 aliphatic carbocycles. The van der Waals surface area contributed by atoms with Gasteiger partial charge in [0.05, 0.1) is 16.5 Å². The van der Waals surface area contributed by atoms with Crippen LogP contribution in [0.3, 0.4) is 0 Å². The van der Waals surface area contributed by atoms with E-state index in [0.29, 0.717) is 10.4 Å². The van der Waals surface area contributed by atoms with Crippen LogP contribution in [0.4, 0.5) is 13.6 Å². The number of aliphatic hydroxyl groups excluding tert-OH is 1. The van der Waals surface area contributed by atoms with Crippen LogP contribution in [0, 0.1) is 5.92 Å². The van der Waals surface area contributed by atoms with Crippen LogP contribution in [0.15, 0.2) is 29.8 Å². The first-order valence-electron chi connectivity index (χ1n) is 12.3. The van der Waals surface area contributed by atoms with Gasteiger partial charge in [0.2, 0.25) is 11.8 Å². The van der Waals surface area contributed by atoms with Crippen LogP contribution < -0.4 is 10.6 Å². The lowest BCUT2D eigenvalue weighted by Crippen LogP contribution is -2.55. The van der Waals surface area contributed by atoms with Gasteiger partial charge in [-0.25, -0.2) is 18.6 Å². The minimum atomic E-state index is -2.67. The summed E-state index contributed by atoms with van der Waals surface area (Å²) in [5, 5.41) is 15.6. The Hall–Kier alpha value is -3.12. The number of alkyl halides is 2. The largest absolute Gasteiger partial charge is 0.444 e. The van der Waals surface area contributed by atoms with E-state index in [2.05, 4.69) is 15.6 Å². The minimum Gasteiger partial charge on any atom is -0.444 e. The van der Waals surface area contributed by atoms with Crippen molar-refractivity contribution < 1.29 is 33.0 Å². The van der Waals surface area contributed by atoms with E-state index in [4.69, 9.17) is 4.74 Å². The van der Waals surface area contributed by atoms with E-state index in [1.807, 2.05) is 0 Å². The number of carbonyl (C=O) groups excluding carboxylic acids is 3. The summed E-state index contributed by atoms with van der Waals surface area (Å²) in [7, 11) is 0. The number of thiazole rings is 1. The quantitative estimate of drug-likeness (QED) is 0.457. The Morgan fingerprint density at radius 2 is 1.87 bits per heavy atom. The molecule has 2 heterocycles. The maximum Gasteiger partial charge on any atom is 0.408 e. The highest BCUT2D eigenvalue weighted by Gasteiger charge is 2.42. The molecule has 1 aromatic carbocycles. The van der Waals surface area contributed by atoms with Crippen molar-refractivity contribution in [2.24, 2.45) is 5.92 Å². The zero-order chi connectivity index (χ0) is 28.2. The van der Waals surface area contributed by atoms with Gasteiger partial charge in [0.15, 0.2) is 0 Å². The predicted octanol–water partition coefficient (Wildman–Crippen LogP) is 3.88. The van der Waals surface area contributed by atoms with Gasteiger partial charge >= 0.3 is 6.09 Å². The smallest absolute Gasteiger partial charge is 0.408 e. The van der Waals surface area contributed by atoms with Crippen LogP contribution in [0.25, 0.3) is 10.4 Å². The molecule has 0 bridgehead atoms. The summed E-state index contributed by atoms with van der Waals surface area (Å²) in [5.74, 6) is -1.22. The fourth-order valence-corrected chi connectivity index (χ4v) is 4.95. The lowest BCUT2D eigenvalue weighted by Gasteiger charge is -2.31. The number of carbonyl (C=O) groups is 3. The van der Waals surface area contributed by atoms with Crippen LogP contribution in [0.1, 0.15) is 58.7 Å². The zero-order valence-electron chi connectivity index (χ0n) is 22.0. The molecule has 3 atom stereocenters. The van der Waals surface area contributed by atoms with Crippen molar-refractivity contribution in [1.82, 2.24) is 20.5 Å². The highest BCUT2D eigenvalue weighted by atomic mass is 32.1. The summed E-state index contributed by atoms with van der Waals surface area (Å²) in [6.07, 6.45) is -4.23. The third-order valence-corrected chi connectivity index (χ3v) is 6.85. The van der Waals surface area contributed by atoms with E-state index in [-0.39, 0.29) is 31.1 Å². The Balaban J connectivity index is 1.65. The molecule has 9 nitrogen and oxygen atoms in total. The lowest BCUT2D eigenvalue weighted by molar-refractivity contribution is -0.141. The summed E-state index contributed by atoms with van der Waals surface area (Å²) in [5.41, 5.74) is 1.70. The summed E-state index contributed by atoms with van der Waals surface area (Å²) < 4.78 is 31.6. The second-order valence-corrected chi connectivity index (χ2v) is 11.4. The van der Waals surface area contributed by atoms with Crippen molar-refractivity contribution in [3.05, 3.63) is 41.0 Å². The van der Waals surface area contributed by atoms with E-state index in [9.17, 15) is 28.3 Å². The Kier molecular flexibility index (Phi) is 9.42. The zero-order valence-corrected chi connectivity index (χ0v) is 22.9. The van der Waals surface area contributed by atoms with E-state index < -0.39 is 48.1 Å². The number of amides is 3. The van der Waals surface area contributed by atoms with E-state index in [1.165, 1.54) is 10.4 Å². The van der Waals surface area contributed by atoms with Crippen molar-refractivity contribution in [2.75, 3.05) is 6.54 Å². The first kappa shape index (κ1) is 29.4. The molecule has 1 aromatic heterocycles. The predicted molar refractivity (Wildman–Crippen MR) is 138 cm³/mol. The molecule has 3 amide bonds. The third kappa shape index (κ3) is 7.47. The molecule has 0 radical (unpaired) electrons. The van der Waals surface area contributed by atoms with Crippen LogP contribution in [0.5, 0.6) is 0 Å². The van der Waals surface area contributed by atoms with Crippen molar-refractivity contribution in [3.8, 4) is 10.4 Å². The van der Waals surface area contributed by atoms with Gasteiger partial charge in [-0.1, -0.05) is 38.1 Å². The number of halogens is 2. The molecular formula is C26H34F2N4O5S. The number of aliphatic hydroxyl groups is 1. The van der Waals surface area contributed by atoms with E-state index in [0.717, 1.165) is 16.9 Å². The fraction of sp³-hybridized carbons (Fsp3) is 0.538. The summed E-state index contributed by atoms with van der Waals surface area (Å²) in [6.45, 7) is 8.77. The number of nitrogens with zero attached hydrogens (tertiary/aromatic N) is 2. The van der Waals surface area contributed by atoms with Gasteiger partial charge < -0.3 is 25.4 Å². The topological polar surface area (TPSA) is 121 Å². The molecule has 1 fully saturated rings. The summed E-state index contributed by atoms with van der Waals surface area (Å²) in [4.78, 5) is 44.1. The fourth-order valence-electron chi connectivity index (χ4n) is 4.14. The number of aromatic nitrogens is 1. The van der Waals surface area contributed by atoms with E-state index in [1.54, 1.807) is 58.9 Å². The number of benzene rings is 1. The highest BCUT2D eigenvalue weighted by molar-refractivity contribution is 7.13. The first-order valence-corrected chi connectivity index (χ1v) is 13.2. The molecule has 3 rings (SSSR count). The maximum absolute atomic E-state index is 13.4. The van der Waals surface area contributed by atoms with Gasteiger partial charge in [0.25, 0.3) is 6.43 Å². The number of ether oxygens (including phenoxy) is 1. The van der Waals surface area contributed by atoms with Crippen LogP contribution in [-0.2, 0) is 20.9 Å². The summed E-state index contributed by atoms with van der Waals surface area (Å²) in [6, 6.07) is 4.96. The molecule has 38 heavy (non-hydrogen) atoms. The Labute approximate surface area is 224 Å². The monoisotopic (exact) mass is 552 g/mol. The number of hydrogen-bond acceptors (Lipinski definition) is 7. The number of β-amino-alcohol motifs (C(OH)–C–C–N with tert-alkyl or cyclic N) is 1. The molecule has 1 aliphatic rings. The van der Waals surface area contributed by atoms with Gasteiger partial charge in [-0.2, -0.15) is 0 Å². The molecule has 2 aromatic rings. The Morgan fingerprint density at radius 1 is 1.21 bits per heavy atom. The average molecular weight is 553 g/mol. The van der Waals surface area contributed by atoms with Gasteiger partial charge in [0, 0.05) is 19.5 Å². The molecule has 208 valence electrons. The lowest BCUT2D eigenvalue weighted by atomic mass is 10.0. The minimum absolute atomic E-state index is 0.0356. The highest BCUT2D eigenvalue weighted by Crippen LogP contribution is 2.33. The van der Waals surface area contributed by atoms with Crippen molar-refractivity contribution in [2.45, 2.75) is 77.8 Å². The van der Waals surface area contributed by atoms with Gasteiger partial charge in [0.1, 0.15) is 23.4 Å². The third-order valence-electron chi connectivity index (χ3n) is 5.95. The van der Waals surface area contributed by atoms with E-state index >= 15 is 0 Å². The number of likely N-dealkylation sites (tertiary alicyclic amines) is 1. The van der Waals surface area contributed by atoms with Gasteiger partial charge in [-0.05, 0) is 37.8 Å². The normalized spacial score (nSPS) is 18.5. The number of hydrogen-bond donors (Lipinski definition) is 3. The second-order valence-electron chi connectivity index (χ2n) is 10.5. The molecular weight excluding hydrogens is 518 g/mol. The van der Waals surface area contributed by atoms with Crippen LogP contribution in [-0.4, -0.2) is 63.2 Å². The average Bonchev–Trinajstić information content (AvgIpc) is 3.47. The van der Waals surface area contributed by atoms with Crippen LogP contribution in [0.2, 0.25) is 0 Å². The van der Waals surface area contributed by atoms with Gasteiger partial charge in [-0.3, -0.25) is 9.59 Å². The summed E-state index contributed by atoms with van der Waals surface area (Å²) >= 11 is 1.13. The number of rotatable bonds is 8. The molecule has 1 saturated heterocycles.